The molecule has 138 valence electrons. The number of nitrogens with zero attached hydrogens (tertiary/aromatic N) is 1. The highest BCUT2D eigenvalue weighted by molar-refractivity contribution is 7.91. The number of carbonyl (C=O) groups is 2. The Morgan fingerprint density at radius 1 is 1.19 bits per heavy atom. The van der Waals surface area contributed by atoms with E-state index >= 15 is 0 Å². The third kappa shape index (κ3) is 3.79. The predicted octanol–water partition coefficient (Wildman–Crippen LogP) is 1.45. The summed E-state index contributed by atoms with van der Waals surface area (Å²) < 4.78 is 27.4. The van der Waals surface area contributed by atoms with Gasteiger partial charge in [-0.15, -0.1) is 11.3 Å². The number of aliphatic carboxylic acids is 1. The number of nitrogens with one attached hydrogen (secondary N) is 1. The second-order valence-electron chi connectivity index (χ2n) is 5.91. The topological polar surface area (TPSA) is 104 Å². The zero-order valence-corrected chi connectivity index (χ0v) is 15.4. The Bertz CT molecular complexity index is 909. The number of amides is 1. The maximum absolute atomic E-state index is 13.0. The molecule has 9 heteroatoms. The molecule has 1 amide bonds. The van der Waals surface area contributed by atoms with Gasteiger partial charge < -0.3 is 10.4 Å². The van der Waals surface area contributed by atoms with Crippen LogP contribution in [0.5, 0.6) is 0 Å². The molecule has 1 unspecified atom stereocenters. The lowest BCUT2D eigenvalue weighted by molar-refractivity contribution is -0.137. The largest absolute Gasteiger partial charge is 0.481 e. The molecule has 26 heavy (non-hydrogen) atoms. The van der Waals surface area contributed by atoms with Crippen LogP contribution in [0.25, 0.3) is 0 Å². The molecule has 0 saturated carbocycles. The molecule has 0 bridgehead atoms. The third-order valence-electron chi connectivity index (χ3n) is 4.20. The normalized spacial score (nSPS) is 17.5. The molecule has 2 N–H and O–H groups in total. The van der Waals surface area contributed by atoms with Gasteiger partial charge in [0.1, 0.15) is 10.3 Å². The SMILES string of the molecule is O=C(O)CCNC(=O)C1Cc2ccccc2CN1S(=O)(=O)c1cccs1. The van der Waals surface area contributed by atoms with Gasteiger partial charge in [0.25, 0.3) is 10.0 Å². The predicted molar refractivity (Wildman–Crippen MR) is 96.2 cm³/mol. The molecule has 1 aromatic heterocycles. The summed E-state index contributed by atoms with van der Waals surface area (Å²) in [6, 6.07) is 9.67. The van der Waals surface area contributed by atoms with E-state index in [4.69, 9.17) is 5.11 Å². The summed E-state index contributed by atoms with van der Waals surface area (Å²) in [5, 5.41) is 12.9. The van der Waals surface area contributed by atoms with Crippen LogP contribution in [0.2, 0.25) is 0 Å². The van der Waals surface area contributed by atoms with Crippen LogP contribution in [-0.2, 0) is 32.6 Å². The van der Waals surface area contributed by atoms with Crippen molar-refractivity contribution in [2.24, 2.45) is 0 Å². The lowest BCUT2D eigenvalue weighted by Gasteiger charge is -2.34. The lowest BCUT2D eigenvalue weighted by atomic mass is 9.95. The fourth-order valence-electron chi connectivity index (χ4n) is 2.91. The summed E-state index contributed by atoms with van der Waals surface area (Å²) in [4.78, 5) is 23.3. The molecule has 0 fully saturated rings. The molecule has 0 aliphatic carbocycles. The number of fused-ring (bicyclic) bond motifs is 1. The van der Waals surface area contributed by atoms with E-state index in [0.717, 1.165) is 22.5 Å². The van der Waals surface area contributed by atoms with Gasteiger partial charge >= 0.3 is 5.97 Å². The second-order valence-corrected chi connectivity index (χ2v) is 8.97. The van der Waals surface area contributed by atoms with E-state index < -0.39 is 27.9 Å². The van der Waals surface area contributed by atoms with Crippen molar-refractivity contribution < 1.29 is 23.1 Å². The molecule has 2 aromatic rings. The minimum atomic E-state index is -3.82. The zero-order valence-electron chi connectivity index (χ0n) is 13.8. The smallest absolute Gasteiger partial charge is 0.305 e. The van der Waals surface area contributed by atoms with E-state index in [9.17, 15) is 18.0 Å². The summed E-state index contributed by atoms with van der Waals surface area (Å²) in [5.41, 5.74) is 1.78. The molecule has 0 radical (unpaired) electrons. The third-order valence-corrected chi connectivity index (χ3v) is 7.43. The van der Waals surface area contributed by atoms with Gasteiger partial charge in [0.15, 0.2) is 0 Å². The maximum Gasteiger partial charge on any atom is 0.305 e. The summed E-state index contributed by atoms with van der Waals surface area (Å²) in [7, 11) is -3.82. The molecule has 1 aliphatic rings. The first kappa shape index (κ1) is 18.6. The van der Waals surface area contributed by atoms with Crippen LogP contribution in [0.4, 0.5) is 0 Å². The molecular weight excluding hydrogens is 376 g/mol. The van der Waals surface area contributed by atoms with Crippen molar-refractivity contribution in [1.82, 2.24) is 9.62 Å². The number of hydrogen-bond acceptors (Lipinski definition) is 5. The number of carboxylic acids is 1. The fraction of sp³-hybridized carbons (Fsp3) is 0.294. The first-order valence-corrected chi connectivity index (χ1v) is 10.3. The van der Waals surface area contributed by atoms with Gasteiger partial charge in [0.05, 0.1) is 6.42 Å². The number of hydrogen-bond donors (Lipinski definition) is 2. The van der Waals surface area contributed by atoms with Crippen molar-refractivity contribution in [2.75, 3.05) is 6.54 Å². The Morgan fingerprint density at radius 2 is 1.92 bits per heavy atom. The van der Waals surface area contributed by atoms with Crippen LogP contribution in [0, 0.1) is 0 Å². The first-order chi connectivity index (χ1) is 12.4. The van der Waals surface area contributed by atoms with Crippen LogP contribution < -0.4 is 5.32 Å². The molecular formula is C17H18N2O5S2. The van der Waals surface area contributed by atoms with E-state index in [0.29, 0.717) is 0 Å². The number of rotatable bonds is 6. The van der Waals surface area contributed by atoms with Crippen molar-refractivity contribution in [3.8, 4) is 0 Å². The fourth-order valence-corrected chi connectivity index (χ4v) is 5.60. The minimum absolute atomic E-state index is 0.0425. The Kier molecular flexibility index (Phi) is 5.40. The van der Waals surface area contributed by atoms with E-state index in [-0.39, 0.29) is 30.1 Å². The van der Waals surface area contributed by atoms with Gasteiger partial charge in [-0.3, -0.25) is 9.59 Å². The highest BCUT2D eigenvalue weighted by Gasteiger charge is 2.39. The number of thiophene rings is 1. The van der Waals surface area contributed by atoms with Crippen molar-refractivity contribution in [1.29, 1.82) is 0 Å². The average Bonchev–Trinajstić information content (AvgIpc) is 3.15. The number of carbonyl (C=O) groups excluding carboxylic acids is 1. The van der Waals surface area contributed by atoms with Crippen molar-refractivity contribution in [3.63, 3.8) is 0 Å². The molecule has 0 saturated heterocycles. The van der Waals surface area contributed by atoms with Crippen LogP contribution in [0.15, 0.2) is 46.0 Å². The van der Waals surface area contributed by atoms with Gasteiger partial charge in [-0.2, -0.15) is 4.31 Å². The Hall–Kier alpha value is -2.23. The van der Waals surface area contributed by atoms with Crippen molar-refractivity contribution >= 4 is 33.2 Å². The number of benzene rings is 1. The minimum Gasteiger partial charge on any atom is -0.481 e. The standard InChI is InChI=1S/C17H18N2O5S2/c20-15(21)7-8-18-17(22)14-10-12-4-1-2-5-13(12)11-19(14)26(23,24)16-6-3-9-25-16/h1-6,9,14H,7-8,10-11H2,(H,18,22)(H,20,21). The van der Waals surface area contributed by atoms with Gasteiger partial charge in [-0.25, -0.2) is 8.42 Å². The van der Waals surface area contributed by atoms with E-state index in [1.54, 1.807) is 11.4 Å². The van der Waals surface area contributed by atoms with Gasteiger partial charge in [-0.1, -0.05) is 30.3 Å². The lowest BCUT2D eigenvalue weighted by Crippen LogP contribution is -2.52. The molecule has 2 heterocycles. The van der Waals surface area contributed by atoms with Crippen LogP contribution in [0.3, 0.4) is 0 Å². The van der Waals surface area contributed by atoms with Crippen LogP contribution in [0.1, 0.15) is 17.5 Å². The highest BCUT2D eigenvalue weighted by Crippen LogP contribution is 2.30. The van der Waals surface area contributed by atoms with Crippen molar-refractivity contribution in [2.45, 2.75) is 29.6 Å². The van der Waals surface area contributed by atoms with Crippen LogP contribution in [-0.4, -0.2) is 42.3 Å². The highest BCUT2D eigenvalue weighted by atomic mass is 32.2. The molecule has 1 aliphatic heterocycles. The molecule has 3 rings (SSSR count). The zero-order chi connectivity index (χ0) is 18.7. The summed E-state index contributed by atoms with van der Waals surface area (Å²) in [6.45, 7) is 0.0621. The number of carboxylic acid groups (broad SMARTS) is 1. The Morgan fingerprint density at radius 3 is 2.58 bits per heavy atom. The Balaban J connectivity index is 1.91. The molecule has 7 nitrogen and oxygen atoms in total. The monoisotopic (exact) mass is 394 g/mol. The summed E-state index contributed by atoms with van der Waals surface area (Å²) in [5.74, 6) is -1.51. The summed E-state index contributed by atoms with van der Waals surface area (Å²) >= 11 is 1.10. The second kappa shape index (κ2) is 7.56. The van der Waals surface area contributed by atoms with E-state index in [2.05, 4.69) is 5.32 Å². The van der Waals surface area contributed by atoms with E-state index in [1.807, 2.05) is 24.3 Å². The Labute approximate surface area is 155 Å². The van der Waals surface area contributed by atoms with Crippen molar-refractivity contribution in [3.05, 3.63) is 52.9 Å². The first-order valence-electron chi connectivity index (χ1n) is 8.01. The number of sulfonamides is 1. The summed E-state index contributed by atoms with van der Waals surface area (Å²) in [6.07, 6.45) is 0.0341. The van der Waals surface area contributed by atoms with Gasteiger partial charge in [-0.05, 0) is 29.0 Å². The maximum atomic E-state index is 13.0. The average molecular weight is 394 g/mol. The van der Waals surface area contributed by atoms with Gasteiger partial charge in [0, 0.05) is 13.1 Å². The molecule has 1 atom stereocenters. The van der Waals surface area contributed by atoms with Gasteiger partial charge in [0.2, 0.25) is 5.91 Å². The molecule has 0 spiro atoms. The quantitative estimate of drug-likeness (QED) is 0.772. The van der Waals surface area contributed by atoms with Crippen LogP contribution >= 0.6 is 11.3 Å². The molecule has 1 aromatic carbocycles. The van der Waals surface area contributed by atoms with E-state index in [1.165, 1.54) is 10.4 Å².